The first-order valence-electron chi connectivity index (χ1n) is 18.2. The molecule has 1 aliphatic heterocycles. The number of nitrogens with zero attached hydrogens (tertiary/aromatic N) is 2. The minimum atomic E-state index is -4.89. The number of benzene rings is 2. The highest BCUT2D eigenvalue weighted by molar-refractivity contribution is 5.98. The zero-order valence-corrected chi connectivity index (χ0v) is 32.1. The van der Waals surface area contributed by atoms with Gasteiger partial charge < -0.3 is 25.0 Å². The Morgan fingerprint density at radius 2 is 1.56 bits per heavy atom. The lowest BCUT2D eigenvalue weighted by atomic mass is 9.90. The van der Waals surface area contributed by atoms with Crippen molar-refractivity contribution in [3.8, 4) is 11.1 Å². The Morgan fingerprint density at radius 3 is 2.13 bits per heavy atom. The molecule has 1 aliphatic rings. The summed E-state index contributed by atoms with van der Waals surface area (Å²) in [7, 11) is 0. The molecule has 0 spiro atoms. The van der Waals surface area contributed by atoms with Crippen molar-refractivity contribution in [3.05, 3.63) is 91.9 Å². The van der Waals surface area contributed by atoms with Crippen molar-refractivity contribution in [1.29, 1.82) is 0 Å². The van der Waals surface area contributed by atoms with Crippen molar-refractivity contribution >= 4 is 17.7 Å². The maximum absolute atomic E-state index is 15.7. The van der Waals surface area contributed by atoms with Crippen molar-refractivity contribution in [2.45, 2.75) is 98.3 Å². The zero-order chi connectivity index (χ0) is 40.9. The summed E-state index contributed by atoms with van der Waals surface area (Å²) in [5, 5.41) is 15.1. The van der Waals surface area contributed by atoms with Crippen molar-refractivity contribution in [2.75, 3.05) is 26.2 Å². The third-order valence-electron chi connectivity index (χ3n) is 9.59. The number of aromatic nitrogens is 1. The molecule has 2 aromatic carbocycles. The zero-order valence-electron chi connectivity index (χ0n) is 32.1. The number of carbonyl (C=O) groups excluding carboxylic acids is 2. The molecule has 2 heterocycles. The molecule has 0 saturated carbocycles. The molecule has 4 atom stereocenters. The quantitative estimate of drug-likeness (QED) is 0.152. The number of pyridine rings is 1. The van der Waals surface area contributed by atoms with Crippen LogP contribution in [0.15, 0.2) is 41.2 Å². The second-order valence-electron chi connectivity index (χ2n) is 14.9. The summed E-state index contributed by atoms with van der Waals surface area (Å²) in [6.07, 6.45) is -5.75. The Bertz CT molecular complexity index is 1930. The van der Waals surface area contributed by atoms with Crippen LogP contribution in [-0.4, -0.2) is 76.7 Å². The molecule has 1 aromatic heterocycles. The molecule has 3 aromatic rings. The molecule has 0 aliphatic carbocycles. The van der Waals surface area contributed by atoms with Crippen LogP contribution >= 0.6 is 0 Å². The van der Waals surface area contributed by atoms with E-state index in [1.54, 1.807) is 33.8 Å². The summed E-state index contributed by atoms with van der Waals surface area (Å²) in [4.78, 5) is 54.6. The Kier molecular flexibility index (Phi) is 14.1. The fourth-order valence-corrected chi connectivity index (χ4v) is 7.28. The van der Waals surface area contributed by atoms with Gasteiger partial charge >= 0.3 is 12.1 Å². The third kappa shape index (κ3) is 11.1. The number of amides is 1. The summed E-state index contributed by atoms with van der Waals surface area (Å²) >= 11 is 0. The molecule has 300 valence electrons. The van der Waals surface area contributed by atoms with E-state index in [-0.39, 0.29) is 48.8 Å². The first-order chi connectivity index (χ1) is 25.7. The van der Waals surface area contributed by atoms with Gasteiger partial charge in [-0.05, 0) is 111 Å². The minimum absolute atomic E-state index is 0.0379. The number of morpholine rings is 1. The molecule has 4 rings (SSSR count). The second kappa shape index (κ2) is 18.0. The maximum Gasteiger partial charge on any atom is 0.431 e. The number of rotatable bonds is 15. The van der Waals surface area contributed by atoms with E-state index < -0.39 is 77.3 Å². The number of Topliss-reactive ketones (excluding diaryl/α,β-unsaturated/α-hetero) is 1. The molecular formula is C40H49F5N4O6. The van der Waals surface area contributed by atoms with Crippen LogP contribution in [-0.2, 0) is 27.0 Å². The minimum Gasteiger partial charge on any atom is -0.481 e. The molecule has 1 fully saturated rings. The van der Waals surface area contributed by atoms with E-state index in [4.69, 9.17) is 4.74 Å². The van der Waals surface area contributed by atoms with Gasteiger partial charge in [-0.3, -0.25) is 24.1 Å². The standard InChI is InChI=1S/C40H49F5N4O6/c1-21(2)12-32(47-38(53)29-8-9-34(40(43,44)45)49(39(29)54)11-10-48-19-25(6)55-26(7)20-48)33(50)18-46-31(17-35(51)52)30-16-27(13-24(5)37(30)42)36-22(3)14-28(41)15-23(36)4/h8-9,13-16,21,25-26,31-32,46H,10-12,17-20H2,1-7H3,(H,47,53)(H,51,52)/t25-,26+,31-,32-/m0/s1. The summed E-state index contributed by atoms with van der Waals surface area (Å²) in [6.45, 7) is 12.2. The number of hydrogen-bond acceptors (Lipinski definition) is 7. The van der Waals surface area contributed by atoms with E-state index in [1.807, 2.05) is 18.7 Å². The van der Waals surface area contributed by atoms with Crippen molar-refractivity contribution in [3.63, 3.8) is 0 Å². The van der Waals surface area contributed by atoms with Crippen molar-refractivity contribution in [2.24, 2.45) is 5.92 Å². The van der Waals surface area contributed by atoms with Gasteiger partial charge in [-0.15, -0.1) is 0 Å². The lowest BCUT2D eigenvalue weighted by Gasteiger charge is -2.35. The molecule has 1 amide bonds. The van der Waals surface area contributed by atoms with Crippen molar-refractivity contribution in [1.82, 2.24) is 20.1 Å². The third-order valence-corrected chi connectivity index (χ3v) is 9.59. The number of carboxylic acids is 1. The number of halogens is 5. The molecular weight excluding hydrogens is 727 g/mol. The summed E-state index contributed by atoms with van der Waals surface area (Å²) in [6, 6.07) is 4.71. The largest absolute Gasteiger partial charge is 0.481 e. The SMILES string of the molecule is Cc1cc(-c2c(C)cc(F)cc2C)cc([C@H](CC(=O)O)NCC(=O)[C@H](CC(C)C)NC(=O)c2ccc(C(F)(F)F)n(CCN3C[C@@H](C)O[C@@H](C)C3)c2=O)c1F. The average Bonchev–Trinajstić information content (AvgIpc) is 3.05. The van der Waals surface area contributed by atoms with Crippen LogP contribution in [0.5, 0.6) is 0 Å². The fraction of sp³-hybridized carbons (Fsp3) is 0.500. The predicted octanol–water partition coefficient (Wildman–Crippen LogP) is 6.37. The first-order valence-corrected chi connectivity index (χ1v) is 18.2. The molecule has 0 radical (unpaired) electrons. The van der Waals surface area contributed by atoms with Crippen LogP contribution in [0.25, 0.3) is 11.1 Å². The normalized spacial score (nSPS) is 17.6. The van der Waals surface area contributed by atoms with Gasteiger partial charge in [0.15, 0.2) is 5.78 Å². The van der Waals surface area contributed by atoms with Gasteiger partial charge in [-0.2, -0.15) is 13.2 Å². The van der Waals surface area contributed by atoms with Crippen molar-refractivity contribution < 1.29 is 46.2 Å². The van der Waals surface area contributed by atoms with Gasteiger partial charge in [0.2, 0.25) is 0 Å². The summed E-state index contributed by atoms with van der Waals surface area (Å²) in [5.41, 5.74) is -0.490. The van der Waals surface area contributed by atoms with Crippen LogP contribution in [0, 0.1) is 38.3 Å². The van der Waals surface area contributed by atoms with E-state index in [2.05, 4.69) is 10.6 Å². The maximum atomic E-state index is 15.7. The van der Waals surface area contributed by atoms with Gasteiger partial charge in [-0.1, -0.05) is 13.8 Å². The van der Waals surface area contributed by atoms with E-state index in [1.165, 1.54) is 25.1 Å². The van der Waals surface area contributed by atoms with E-state index in [0.717, 1.165) is 6.07 Å². The van der Waals surface area contributed by atoms with Gasteiger partial charge in [0.05, 0.1) is 31.2 Å². The Morgan fingerprint density at radius 1 is 0.945 bits per heavy atom. The first kappa shape index (κ1) is 43.3. The lowest BCUT2D eigenvalue weighted by molar-refractivity contribution is -0.144. The number of carbonyl (C=O) groups is 3. The molecule has 0 bridgehead atoms. The number of nitrogens with one attached hydrogen (secondary N) is 2. The Labute approximate surface area is 317 Å². The van der Waals surface area contributed by atoms with Crippen LogP contribution in [0.4, 0.5) is 22.0 Å². The molecule has 15 heteroatoms. The summed E-state index contributed by atoms with van der Waals surface area (Å²) in [5.74, 6) is -4.28. The van der Waals surface area contributed by atoms with Gasteiger partial charge in [0.25, 0.3) is 11.5 Å². The van der Waals surface area contributed by atoms with Gasteiger partial charge in [0.1, 0.15) is 22.9 Å². The van der Waals surface area contributed by atoms with E-state index >= 15 is 4.39 Å². The number of carboxylic acid groups (broad SMARTS) is 1. The number of aryl methyl sites for hydroxylation is 3. The van der Waals surface area contributed by atoms with E-state index in [0.29, 0.717) is 46.0 Å². The van der Waals surface area contributed by atoms with Gasteiger partial charge in [-0.25, -0.2) is 8.78 Å². The highest BCUT2D eigenvalue weighted by Crippen LogP contribution is 2.34. The molecule has 10 nitrogen and oxygen atoms in total. The Balaban J connectivity index is 1.59. The highest BCUT2D eigenvalue weighted by atomic mass is 19.4. The smallest absolute Gasteiger partial charge is 0.431 e. The van der Waals surface area contributed by atoms with Crippen LogP contribution in [0.1, 0.15) is 84.9 Å². The average molecular weight is 777 g/mol. The number of ether oxygens (including phenoxy) is 1. The Hall–Kier alpha value is -4.47. The van der Waals surface area contributed by atoms with Gasteiger partial charge in [0, 0.05) is 37.8 Å². The summed E-state index contributed by atoms with van der Waals surface area (Å²) < 4.78 is 78.1. The van der Waals surface area contributed by atoms with Crippen LogP contribution in [0.3, 0.4) is 0 Å². The van der Waals surface area contributed by atoms with Crippen LogP contribution in [0.2, 0.25) is 0 Å². The number of aliphatic carboxylic acids is 1. The molecule has 0 unspecified atom stereocenters. The topological polar surface area (TPSA) is 130 Å². The molecule has 55 heavy (non-hydrogen) atoms. The number of hydrogen-bond donors (Lipinski definition) is 3. The molecule has 3 N–H and O–H groups in total. The molecule has 1 saturated heterocycles. The van der Waals surface area contributed by atoms with Crippen LogP contribution < -0.4 is 16.2 Å². The highest BCUT2D eigenvalue weighted by Gasteiger charge is 2.36. The fourth-order valence-electron chi connectivity index (χ4n) is 7.28. The number of ketones is 1. The lowest BCUT2D eigenvalue weighted by Crippen LogP contribution is -2.48. The monoisotopic (exact) mass is 776 g/mol. The second-order valence-corrected chi connectivity index (χ2v) is 14.9. The van der Waals surface area contributed by atoms with E-state index in [9.17, 15) is 41.8 Å². The predicted molar refractivity (Wildman–Crippen MR) is 197 cm³/mol. The number of alkyl halides is 3.